The Morgan fingerprint density at radius 1 is 1.03 bits per heavy atom. The molecule has 4 fully saturated rings. The van der Waals surface area contributed by atoms with Gasteiger partial charge in [0.1, 0.15) is 11.7 Å². The number of carbonyl (C=O) groups is 1. The molecule has 0 aromatic rings. The fourth-order valence-electron chi connectivity index (χ4n) is 9.91. The summed E-state index contributed by atoms with van der Waals surface area (Å²) in [5.74, 6) is 3.15. The fourth-order valence-corrected chi connectivity index (χ4v) is 10.6. The quantitative estimate of drug-likeness (QED) is 0.295. The van der Waals surface area contributed by atoms with Crippen molar-refractivity contribution in [2.45, 2.75) is 130 Å². The Kier molecular flexibility index (Phi) is 8.23. The van der Waals surface area contributed by atoms with Crippen molar-refractivity contribution in [3.05, 3.63) is 0 Å². The molecule has 0 spiro atoms. The highest BCUT2D eigenvalue weighted by molar-refractivity contribution is 7.86. The number of hydrogen-bond donors (Lipinski definition) is 1. The first-order valence-corrected chi connectivity index (χ1v) is 16.7. The van der Waals surface area contributed by atoms with E-state index in [1.54, 1.807) is 0 Å². The van der Waals surface area contributed by atoms with Crippen molar-refractivity contribution in [1.82, 2.24) is 0 Å². The molecule has 0 aliphatic heterocycles. The minimum absolute atomic E-state index is 0.190. The van der Waals surface area contributed by atoms with Crippen LogP contribution in [0.3, 0.4) is 0 Å². The molecule has 4 saturated carbocycles. The van der Waals surface area contributed by atoms with Crippen molar-refractivity contribution in [3.8, 4) is 0 Å². The van der Waals surface area contributed by atoms with Crippen LogP contribution in [-0.4, -0.2) is 43.6 Å². The highest BCUT2D eigenvalue weighted by Crippen LogP contribution is 2.69. The number of fused-ring (bicyclic) bond motifs is 5. The molecule has 0 aromatic heterocycles. The van der Waals surface area contributed by atoms with Crippen LogP contribution in [0, 0.1) is 46.3 Å². The molecule has 0 unspecified atom stereocenters. The van der Waals surface area contributed by atoms with Crippen LogP contribution in [-0.2, 0) is 23.8 Å². The van der Waals surface area contributed by atoms with Gasteiger partial charge in [0.15, 0.2) is 0 Å². The molecule has 6 nitrogen and oxygen atoms in total. The Balaban J connectivity index is 1.59. The van der Waals surface area contributed by atoms with Crippen molar-refractivity contribution in [2.24, 2.45) is 46.3 Å². The van der Waals surface area contributed by atoms with E-state index in [0.29, 0.717) is 48.3 Å². The number of hydrogen-bond acceptors (Lipinski definition) is 6. The van der Waals surface area contributed by atoms with E-state index in [0.717, 1.165) is 24.5 Å². The van der Waals surface area contributed by atoms with E-state index < -0.39 is 33.3 Å². The summed E-state index contributed by atoms with van der Waals surface area (Å²) < 4.78 is 35.0. The fraction of sp³-hybridized carbons (Fsp3) is 0.967. The SMILES string of the molecule is CC(=O)O[C@@H]1C[C@H]2[C@@H]3CC[C@H]([C@H](C)CCCC(C)C)[C@@]3(C)CC[C@@H]2[C@@]2(C)CC[C@H](OS(C)(=O)=O)C[C@]12O. The summed E-state index contributed by atoms with van der Waals surface area (Å²) in [6.07, 6.45) is 10.6. The van der Waals surface area contributed by atoms with E-state index in [9.17, 15) is 18.3 Å². The average molecular weight is 541 g/mol. The maximum Gasteiger partial charge on any atom is 0.303 e. The number of aliphatic hydroxyl groups is 1. The molecule has 4 aliphatic rings. The second-order valence-corrected chi connectivity index (χ2v) is 15.8. The van der Waals surface area contributed by atoms with Gasteiger partial charge in [-0.2, -0.15) is 8.42 Å². The largest absolute Gasteiger partial charge is 0.459 e. The molecule has 1 N–H and O–H groups in total. The van der Waals surface area contributed by atoms with Crippen LogP contribution in [0.4, 0.5) is 0 Å². The predicted octanol–water partition coefficient (Wildman–Crippen LogP) is 6.11. The minimum atomic E-state index is -3.64. The predicted molar refractivity (Wildman–Crippen MR) is 145 cm³/mol. The van der Waals surface area contributed by atoms with Crippen LogP contribution in [0.5, 0.6) is 0 Å². The lowest BCUT2D eigenvalue weighted by Crippen LogP contribution is -2.69. The highest BCUT2D eigenvalue weighted by atomic mass is 32.2. The van der Waals surface area contributed by atoms with Gasteiger partial charge in [0, 0.05) is 18.8 Å². The van der Waals surface area contributed by atoms with Crippen molar-refractivity contribution in [1.29, 1.82) is 0 Å². The average Bonchev–Trinajstić information content (AvgIpc) is 3.11. The molecule has 4 rings (SSSR count). The Hall–Kier alpha value is -0.660. The van der Waals surface area contributed by atoms with Gasteiger partial charge in [-0.1, -0.05) is 53.9 Å². The van der Waals surface area contributed by atoms with Gasteiger partial charge in [-0.05, 0) is 85.9 Å². The number of esters is 1. The lowest BCUT2D eigenvalue weighted by Gasteiger charge is -2.65. The summed E-state index contributed by atoms with van der Waals surface area (Å²) in [7, 11) is -3.64. The van der Waals surface area contributed by atoms with Crippen LogP contribution in [0.15, 0.2) is 0 Å². The number of carbonyl (C=O) groups excluding carboxylic acids is 1. The molecule has 4 aliphatic carbocycles. The van der Waals surface area contributed by atoms with Crippen LogP contribution < -0.4 is 0 Å². The monoisotopic (exact) mass is 540 g/mol. The molecule has 0 amide bonds. The molecule has 7 heteroatoms. The summed E-state index contributed by atoms with van der Waals surface area (Å²) in [5.41, 5.74) is -1.43. The van der Waals surface area contributed by atoms with E-state index in [-0.39, 0.29) is 12.4 Å². The van der Waals surface area contributed by atoms with Gasteiger partial charge < -0.3 is 9.84 Å². The molecule has 37 heavy (non-hydrogen) atoms. The molecule has 0 bridgehead atoms. The first-order chi connectivity index (χ1) is 17.1. The van der Waals surface area contributed by atoms with Crippen molar-refractivity contribution in [3.63, 3.8) is 0 Å². The first-order valence-electron chi connectivity index (χ1n) is 14.9. The van der Waals surface area contributed by atoms with E-state index in [4.69, 9.17) is 8.92 Å². The van der Waals surface area contributed by atoms with Gasteiger partial charge in [0.25, 0.3) is 10.1 Å². The van der Waals surface area contributed by atoms with E-state index in [1.165, 1.54) is 45.4 Å². The van der Waals surface area contributed by atoms with Gasteiger partial charge >= 0.3 is 5.97 Å². The lowest BCUT2D eigenvalue weighted by molar-refractivity contribution is -0.268. The second-order valence-electron chi connectivity index (χ2n) is 14.2. The minimum Gasteiger partial charge on any atom is -0.459 e. The third kappa shape index (κ3) is 5.39. The normalized spacial score (nSPS) is 44.6. The van der Waals surface area contributed by atoms with Crippen molar-refractivity contribution in [2.75, 3.05) is 6.26 Å². The summed E-state index contributed by atoms with van der Waals surface area (Å²) in [5, 5.41) is 12.3. The number of rotatable bonds is 8. The third-order valence-corrected chi connectivity index (χ3v) is 12.2. The molecule has 10 atom stereocenters. The third-order valence-electron chi connectivity index (χ3n) is 11.6. The molecule has 214 valence electrons. The molecular formula is C30H52O6S. The highest BCUT2D eigenvalue weighted by Gasteiger charge is 2.68. The summed E-state index contributed by atoms with van der Waals surface area (Å²) in [6, 6.07) is 0. The van der Waals surface area contributed by atoms with Gasteiger partial charge in [0.2, 0.25) is 0 Å². The Labute approximate surface area is 225 Å². The standard InChI is InChI=1S/C30H52O6S/c1-19(2)9-8-10-20(3)24-11-12-25-23-17-27(35-21(4)31)30(32)18-22(36-37(7,33)34)13-16-29(30,6)26(23)14-15-28(24,25)5/h19-20,22-27,32H,8-18H2,1-7H3/t20-,22+,23+,24-,25+,26+,27-,28-,29-,30+/m1/s1. The van der Waals surface area contributed by atoms with Crippen molar-refractivity contribution < 1.29 is 27.2 Å². The second kappa shape index (κ2) is 10.4. The van der Waals surface area contributed by atoms with E-state index >= 15 is 0 Å². The molecule has 0 radical (unpaired) electrons. The molecule has 0 aromatic carbocycles. The maximum atomic E-state index is 12.3. The van der Waals surface area contributed by atoms with Crippen molar-refractivity contribution >= 4 is 16.1 Å². The summed E-state index contributed by atoms with van der Waals surface area (Å²) >= 11 is 0. The maximum absolute atomic E-state index is 12.3. The van der Waals surface area contributed by atoms with Crippen LogP contribution in [0.2, 0.25) is 0 Å². The zero-order valence-electron chi connectivity index (χ0n) is 24.3. The summed E-state index contributed by atoms with van der Waals surface area (Å²) in [4.78, 5) is 12.2. The van der Waals surface area contributed by atoms with Gasteiger partial charge in [0.05, 0.1) is 12.4 Å². The lowest BCUT2D eigenvalue weighted by atomic mass is 9.42. The molecule has 0 heterocycles. The van der Waals surface area contributed by atoms with Crippen LogP contribution in [0.1, 0.15) is 112 Å². The smallest absolute Gasteiger partial charge is 0.303 e. The van der Waals surface area contributed by atoms with Crippen LogP contribution >= 0.6 is 0 Å². The summed E-state index contributed by atoms with van der Waals surface area (Å²) in [6.45, 7) is 13.2. The van der Waals surface area contributed by atoms with Crippen LogP contribution in [0.25, 0.3) is 0 Å². The van der Waals surface area contributed by atoms with E-state index in [1.807, 2.05) is 0 Å². The Bertz CT molecular complexity index is 948. The zero-order valence-corrected chi connectivity index (χ0v) is 25.1. The number of ether oxygens (including phenoxy) is 1. The zero-order chi connectivity index (χ0) is 27.4. The van der Waals surface area contributed by atoms with Gasteiger partial charge in [-0.15, -0.1) is 0 Å². The van der Waals surface area contributed by atoms with E-state index in [2.05, 4.69) is 34.6 Å². The molecular weight excluding hydrogens is 488 g/mol. The Morgan fingerprint density at radius 3 is 2.35 bits per heavy atom. The van der Waals surface area contributed by atoms with Gasteiger partial charge in [-0.25, -0.2) is 0 Å². The van der Waals surface area contributed by atoms with Gasteiger partial charge in [-0.3, -0.25) is 8.98 Å². The Morgan fingerprint density at radius 2 is 1.73 bits per heavy atom. The first kappa shape index (κ1) is 29.3. The molecule has 0 saturated heterocycles. The topological polar surface area (TPSA) is 89.9 Å².